The molecular weight excluding hydrogens is 362 g/mol. The second kappa shape index (κ2) is 8.37. The quantitative estimate of drug-likeness (QED) is 0.824. The van der Waals surface area contributed by atoms with Crippen LogP contribution >= 0.6 is 11.3 Å². The molecule has 1 atom stereocenters. The number of benzene rings is 1. The van der Waals surface area contributed by atoms with Crippen molar-refractivity contribution >= 4 is 22.4 Å². The molecule has 1 saturated heterocycles. The molecule has 7 heteroatoms. The highest BCUT2D eigenvalue weighted by Gasteiger charge is 2.22. The monoisotopic (exact) mass is 387 g/mol. The van der Waals surface area contributed by atoms with Gasteiger partial charge in [0.25, 0.3) is 5.91 Å². The molecule has 1 amide bonds. The Morgan fingerprint density at radius 1 is 1.44 bits per heavy atom. The van der Waals surface area contributed by atoms with Crippen LogP contribution in [0.5, 0.6) is 5.75 Å². The Morgan fingerprint density at radius 2 is 2.33 bits per heavy atom. The fraction of sp³-hybridized carbons (Fsp3) is 0.500. The van der Waals surface area contributed by atoms with Crippen LogP contribution in [-0.4, -0.2) is 48.2 Å². The smallest absolute Gasteiger partial charge is 0.261 e. The molecule has 1 unspecified atom stereocenters. The van der Waals surface area contributed by atoms with E-state index < -0.39 is 0 Å². The largest absolute Gasteiger partial charge is 0.490 e. The van der Waals surface area contributed by atoms with Gasteiger partial charge < -0.3 is 9.47 Å². The van der Waals surface area contributed by atoms with Crippen molar-refractivity contribution in [1.82, 2.24) is 9.88 Å². The molecule has 1 N–H and O–H groups in total. The van der Waals surface area contributed by atoms with Crippen LogP contribution in [0, 0.1) is 0 Å². The van der Waals surface area contributed by atoms with Crippen molar-refractivity contribution in [2.45, 2.75) is 38.8 Å². The van der Waals surface area contributed by atoms with Crippen molar-refractivity contribution in [2.24, 2.45) is 0 Å². The van der Waals surface area contributed by atoms with Crippen LogP contribution in [0.15, 0.2) is 24.3 Å². The molecule has 2 aliphatic heterocycles. The van der Waals surface area contributed by atoms with Crippen LogP contribution in [0.2, 0.25) is 0 Å². The number of amides is 1. The van der Waals surface area contributed by atoms with Crippen molar-refractivity contribution in [3.05, 3.63) is 40.4 Å². The molecule has 6 nitrogen and oxygen atoms in total. The average Bonchev–Trinajstić information content (AvgIpc) is 3.35. The molecule has 144 valence electrons. The molecule has 27 heavy (non-hydrogen) atoms. The van der Waals surface area contributed by atoms with E-state index in [0.717, 1.165) is 51.2 Å². The molecule has 4 rings (SSSR count). The first-order valence-electron chi connectivity index (χ1n) is 9.58. The third-order valence-corrected chi connectivity index (χ3v) is 6.06. The van der Waals surface area contributed by atoms with E-state index in [-0.39, 0.29) is 12.0 Å². The molecule has 0 bridgehead atoms. The van der Waals surface area contributed by atoms with Gasteiger partial charge in [-0.25, -0.2) is 4.98 Å². The maximum absolute atomic E-state index is 12.8. The highest BCUT2D eigenvalue weighted by atomic mass is 32.1. The number of anilines is 1. The van der Waals surface area contributed by atoms with Crippen LogP contribution < -0.4 is 10.1 Å². The van der Waals surface area contributed by atoms with E-state index in [2.05, 4.69) is 22.1 Å². The van der Waals surface area contributed by atoms with Crippen LogP contribution in [-0.2, 0) is 17.7 Å². The summed E-state index contributed by atoms with van der Waals surface area (Å²) in [5, 5.41) is 3.62. The first kappa shape index (κ1) is 18.4. The number of nitrogens with one attached hydrogen (secondary N) is 1. The second-order valence-electron chi connectivity index (χ2n) is 6.90. The Hall–Kier alpha value is -1.96. The number of aromatic nitrogens is 1. The predicted octanol–water partition coefficient (Wildman–Crippen LogP) is 3.33. The van der Waals surface area contributed by atoms with Gasteiger partial charge in [-0.3, -0.25) is 15.0 Å². The summed E-state index contributed by atoms with van der Waals surface area (Å²) in [6.45, 7) is 6.42. The van der Waals surface area contributed by atoms with Gasteiger partial charge in [-0.15, -0.1) is 11.3 Å². The van der Waals surface area contributed by atoms with Gasteiger partial charge in [0, 0.05) is 31.0 Å². The summed E-state index contributed by atoms with van der Waals surface area (Å²) in [5.41, 5.74) is 1.64. The highest BCUT2D eigenvalue weighted by Crippen LogP contribution is 2.29. The zero-order chi connectivity index (χ0) is 18.6. The molecule has 0 saturated carbocycles. The van der Waals surface area contributed by atoms with E-state index in [1.54, 1.807) is 17.4 Å². The van der Waals surface area contributed by atoms with E-state index in [9.17, 15) is 4.79 Å². The number of carbonyl (C=O) groups excluding carboxylic acids is 1. The molecule has 0 radical (unpaired) electrons. The summed E-state index contributed by atoms with van der Waals surface area (Å²) in [6, 6.07) is 7.34. The number of hydrogen-bond donors (Lipinski definition) is 1. The van der Waals surface area contributed by atoms with Crippen molar-refractivity contribution in [1.29, 1.82) is 0 Å². The van der Waals surface area contributed by atoms with E-state index in [1.807, 2.05) is 18.2 Å². The molecule has 2 aliphatic rings. The number of carbonyl (C=O) groups is 1. The molecule has 2 aromatic rings. The lowest BCUT2D eigenvalue weighted by Crippen LogP contribution is -2.29. The van der Waals surface area contributed by atoms with Crippen molar-refractivity contribution in [2.75, 3.05) is 31.6 Å². The van der Waals surface area contributed by atoms with Gasteiger partial charge in [-0.05, 0) is 31.5 Å². The van der Waals surface area contributed by atoms with Gasteiger partial charge in [-0.1, -0.05) is 19.1 Å². The minimum absolute atomic E-state index is 0.119. The maximum Gasteiger partial charge on any atom is 0.261 e. The lowest BCUT2D eigenvalue weighted by Gasteiger charge is -2.23. The lowest BCUT2D eigenvalue weighted by molar-refractivity contribution is 0.0673. The van der Waals surface area contributed by atoms with Crippen LogP contribution in [0.3, 0.4) is 0 Å². The number of rotatable bonds is 6. The molecule has 3 heterocycles. The number of fused-ring (bicyclic) bond motifs is 1. The first-order valence-corrected chi connectivity index (χ1v) is 10.4. The van der Waals surface area contributed by atoms with E-state index in [4.69, 9.17) is 9.47 Å². The van der Waals surface area contributed by atoms with Crippen molar-refractivity contribution < 1.29 is 14.3 Å². The summed E-state index contributed by atoms with van der Waals surface area (Å²) in [5.74, 6) is 0.403. The molecular formula is C20H25N3O3S. The summed E-state index contributed by atoms with van der Waals surface area (Å²) >= 11 is 1.57. The summed E-state index contributed by atoms with van der Waals surface area (Å²) in [6.07, 6.45) is 3.14. The Balaban J connectivity index is 1.43. The Bertz CT molecular complexity index is 802. The fourth-order valence-electron chi connectivity index (χ4n) is 3.47. The number of likely N-dealkylation sites (N-methyl/N-ethyl adjacent to an activating group) is 1. The SMILES string of the molecule is CCN1CCc2nc(NC(=O)c3ccccc3OCC3CCCO3)sc2C1. The lowest BCUT2D eigenvalue weighted by atomic mass is 10.2. The number of ether oxygens (including phenoxy) is 2. The fourth-order valence-corrected chi connectivity index (χ4v) is 4.52. The van der Waals surface area contributed by atoms with Gasteiger partial charge in [-0.2, -0.15) is 0 Å². The van der Waals surface area contributed by atoms with E-state index in [0.29, 0.717) is 23.1 Å². The highest BCUT2D eigenvalue weighted by molar-refractivity contribution is 7.15. The van der Waals surface area contributed by atoms with Crippen molar-refractivity contribution in [3.8, 4) is 5.75 Å². The van der Waals surface area contributed by atoms with Crippen LogP contribution in [0.1, 0.15) is 40.7 Å². The van der Waals surface area contributed by atoms with E-state index >= 15 is 0 Å². The number of para-hydroxylation sites is 1. The minimum atomic E-state index is -0.184. The van der Waals surface area contributed by atoms with Crippen LogP contribution in [0.25, 0.3) is 0 Å². The molecule has 1 aromatic heterocycles. The minimum Gasteiger partial charge on any atom is -0.490 e. The average molecular weight is 388 g/mol. The predicted molar refractivity (Wildman–Crippen MR) is 106 cm³/mol. The van der Waals surface area contributed by atoms with E-state index in [1.165, 1.54) is 4.88 Å². The van der Waals surface area contributed by atoms with Gasteiger partial charge in [0.2, 0.25) is 0 Å². The molecule has 1 aromatic carbocycles. The first-order chi connectivity index (χ1) is 13.2. The standard InChI is InChI=1S/C20H25N3O3S/c1-2-23-10-9-16-18(12-23)27-20(21-16)22-19(24)15-7-3-4-8-17(15)26-13-14-6-5-11-25-14/h3-4,7-8,14H,2,5-6,9-13H2,1H3,(H,21,22,24). The van der Waals surface area contributed by atoms with Gasteiger partial charge in [0.05, 0.1) is 17.4 Å². The maximum atomic E-state index is 12.8. The number of thiazole rings is 1. The van der Waals surface area contributed by atoms with Gasteiger partial charge in [0.1, 0.15) is 12.4 Å². The Labute approximate surface area is 163 Å². The van der Waals surface area contributed by atoms with Gasteiger partial charge in [0.15, 0.2) is 5.13 Å². The number of nitrogens with zero attached hydrogens (tertiary/aromatic N) is 2. The van der Waals surface area contributed by atoms with Gasteiger partial charge >= 0.3 is 0 Å². The summed E-state index contributed by atoms with van der Waals surface area (Å²) in [7, 11) is 0. The zero-order valence-electron chi connectivity index (χ0n) is 15.6. The summed E-state index contributed by atoms with van der Waals surface area (Å²) < 4.78 is 11.5. The number of hydrogen-bond acceptors (Lipinski definition) is 6. The van der Waals surface area contributed by atoms with Crippen LogP contribution in [0.4, 0.5) is 5.13 Å². The topological polar surface area (TPSA) is 63.7 Å². The zero-order valence-corrected chi connectivity index (χ0v) is 16.4. The third-order valence-electron chi connectivity index (χ3n) is 5.06. The third kappa shape index (κ3) is 4.31. The Kier molecular flexibility index (Phi) is 5.71. The van der Waals surface area contributed by atoms with Crippen molar-refractivity contribution in [3.63, 3.8) is 0 Å². The summed E-state index contributed by atoms with van der Waals surface area (Å²) in [4.78, 5) is 21.1. The molecule has 0 spiro atoms. The normalized spacial score (nSPS) is 19.7. The molecule has 0 aliphatic carbocycles. The molecule has 1 fully saturated rings. The second-order valence-corrected chi connectivity index (χ2v) is 7.99. The Morgan fingerprint density at radius 3 is 3.15 bits per heavy atom.